The van der Waals surface area contributed by atoms with Gasteiger partial charge in [0, 0.05) is 6.61 Å². The molecule has 2 aromatic rings. The first-order valence-corrected chi connectivity index (χ1v) is 13.2. The number of rotatable bonds is 8. The van der Waals surface area contributed by atoms with Crippen molar-refractivity contribution >= 4 is 6.08 Å². The van der Waals surface area contributed by atoms with Crippen LogP contribution < -0.4 is 4.74 Å². The molecule has 2 saturated carbocycles. The number of ether oxygens (including phenoxy) is 2. The van der Waals surface area contributed by atoms with Crippen LogP contribution in [0.15, 0.2) is 36.4 Å². The highest BCUT2D eigenvalue weighted by Gasteiger charge is 2.29. The van der Waals surface area contributed by atoms with E-state index in [1.807, 2.05) is 38.1 Å². The molecule has 0 N–H and O–H groups in total. The minimum Gasteiger partial charge on any atom is -0.491 e. The van der Waals surface area contributed by atoms with Gasteiger partial charge in [-0.05, 0) is 112 Å². The molecule has 4 rings (SSSR count). The third kappa shape index (κ3) is 6.30. The third-order valence-electron chi connectivity index (χ3n) is 7.69. The number of hydrogen-bond acceptors (Lipinski definition) is 2. The fourth-order valence-corrected chi connectivity index (χ4v) is 5.75. The van der Waals surface area contributed by atoms with Crippen LogP contribution in [0.2, 0.25) is 0 Å². The van der Waals surface area contributed by atoms with E-state index in [4.69, 9.17) is 9.47 Å². The van der Waals surface area contributed by atoms with Crippen LogP contribution in [0.5, 0.6) is 5.75 Å². The van der Waals surface area contributed by atoms with Crippen LogP contribution in [0.1, 0.15) is 93.7 Å². The predicted octanol–water partition coefficient (Wildman–Crippen LogP) is 8.55. The first-order valence-electron chi connectivity index (χ1n) is 13.2. The summed E-state index contributed by atoms with van der Waals surface area (Å²) >= 11 is 0. The molecule has 190 valence electrons. The molecule has 0 unspecified atom stereocenters. The second kappa shape index (κ2) is 12.1. The predicted molar refractivity (Wildman–Crippen MR) is 134 cm³/mol. The lowest BCUT2D eigenvalue weighted by Gasteiger charge is -2.30. The summed E-state index contributed by atoms with van der Waals surface area (Å²) in [5.41, 5.74) is 1.85. The highest BCUT2D eigenvalue weighted by atomic mass is 19.2. The molecule has 2 nitrogen and oxygen atoms in total. The topological polar surface area (TPSA) is 18.5 Å². The summed E-state index contributed by atoms with van der Waals surface area (Å²) in [6.07, 6.45) is 11.3. The first kappa shape index (κ1) is 25.8. The van der Waals surface area contributed by atoms with E-state index in [2.05, 4.69) is 6.08 Å². The Labute approximate surface area is 207 Å². The molecule has 0 saturated heterocycles. The van der Waals surface area contributed by atoms with Gasteiger partial charge in [-0.2, -0.15) is 0 Å². The maximum absolute atomic E-state index is 15.1. The van der Waals surface area contributed by atoms with E-state index < -0.39 is 11.6 Å². The normalized spacial score (nSPS) is 25.2. The third-order valence-corrected chi connectivity index (χ3v) is 7.69. The molecule has 0 amide bonds. The second-order valence-corrected chi connectivity index (χ2v) is 9.89. The van der Waals surface area contributed by atoms with Crippen molar-refractivity contribution in [2.24, 2.45) is 5.92 Å². The summed E-state index contributed by atoms with van der Waals surface area (Å²) in [5.74, 6) is -0.929. The number of hydrogen-bond donors (Lipinski definition) is 0. The zero-order valence-electron chi connectivity index (χ0n) is 20.9. The molecule has 0 bridgehead atoms. The van der Waals surface area contributed by atoms with Crippen LogP contribution in [-0.4, -0.2) is 19.3 Å². The first-order chi connectivity index (χ1) is 17.0. The van der Waals surface area contributed by atoms with Crippen molar-refractivity contribution in [1.82, 2.24) is 0 Å². The van der Waals surface area contributed by atoms with Gasteiger partial charge in [0.1, 0.15) is 0 Å². The van der Waals surface area contributed by atoms with Crippen LogP contribution in [-0.2, 0) is 4.74 Å². The fourth-order valence-electron chi connectivity index (χ4n) is 5.75. The number of halogens is 3. The monoisotopic (exact) mass is 486 g/mol. The Hall–Kier alpha value is -2.27. The maximum Gasteiger partial charge on any atom is 0.165 e. The molecule has 2 fully saturated rings. The Bertz CT molecular complexity index is 1000. The molecule has 0 atom stereocenters. The quantitative estimate of drug-likeness (QED) is 0.372. The van der Waals surface area contributed by atoms with Gasteiger partial charge in [-0.25, -0.2) is 13.2 Å². The van der Waals surface area contributed by atoms with Gasteiger partial charge in [-0.3, -0.25) is 0 Å². The summed E-state index contributed by atoms with van der Waals surface area (Å²) in [7, 11) is 0. The molecule has 5 heteroatoms. The molecule has 0 radical (unpaired) electrons. The standard InChI is InChI=1S/C30H37F3O2/c1-3-34-24-14-12-23(13-15-24)26-17-16-25(29(32)30(26)33)22-10-7-20(8-11-22)5-6-21-9-18-28(35-4-2)27(31)19-21/h5-6,9,16-20,22-24H,3-4,7-8,10-15H2,1-2H3/b6-5+. The number of benzene rings is 2. The Morgan fingerprint density at radius 1 is 0.771 bits per heavy atom. The largest absolute Gasteiger partial charge is 0.491 e. The van der Waals surface area contributed by atoms with Gasteiger partial charge in [-0.1, -0.05) is 30.4 Å². The van der Waals surface area contributed by atoms with E-state index in [1.54, 1.807) is 6.07 Å². The lowest BCUT2D eigenvalue weighted by molar-refractivity contribution is 0.0325. The van der Waals surface area contributed by atoms with Gasteiger partial charge in [0.2, 0.25) is 0 Å². The molecular formula is C30H37F3O2. The minimum atomic E-state index is -0.654. The van der Waals surface area contributed by atoms with Crippen molar-refractivity contribution in [3.63, 3.8) is 0 Å². The van der Waals surface area contributed by atoms with Crippen molar-refractivity contribution in [1.29, 1.82) is 0 Å². The molecule has 0 aliphatic heterocycles. The Kier molecular flexibility index (Phi) is 8.94. The van der Waals surface area contributed by atoms with Crippen LogP contribution in [0, 0.1) is 23.4 Å². The lowest BCUT2D eigenvalue weighted by Crippen LogP contribution is -2.21. The van der Waals surface area contributed by atoms with Crippen LogP contribution in [0.3, 0.4) is 0 Å². The Morgan fingerprint density at radius 2 is 1.37 bits per heavy atom. The summed E-state index contributed by atoms with van der Waals surface area (Å²) in [6.45, 7) is 4.95. The highest BCUT2D eigenvalue weighted by Crippen LogP contribution is 2.41. The Morgan fingerprint density at radius 3 is 1.91 bits per heavy atom. The second-order valence-electron chi connectivity index (χ2n) is 9.89. The molecule has 2 aromatic carbocycles. The molecule has 2 aliphatic rings. The van der Waals surface area contributed by atoms with Gasteiger partial charge in [0.25, 0.3) is 0 Å². The van der Waals surface area contributed by atoms with Gasteiger partial charge in [0.15, 0.2) is 23.2 Å². The van der Waals surface area contributed by atoms with E-state index >= 15 is 8.78 Å². The average molecular weight is 487 g/mol. The molecule has 0 spiro atoms. The van der Waals surface area contributed by atoms with E-state index in [0.717, 1.165) is 56.9 Å². The van der Waals surface area contributed by atoms with E-state index in [-0.39, 0.29) is 29.5 Å². The highest BCUT2D eigenvalue weighted by molar-refractivity contribution is 5.51. The summed E-state index contributed by atoms with van der Waals surface area (Å²) in [6, 6.07) is 8.63. The summed E-state index contributed by atoms with van der Waals surface area (Å²) < 4.78 is 55.2. The van der Waals surface area contributed by atoms with Crippen LogP contribution >= 0.6 is 0 Å². The lowest BCUT2D eigenvalue weighted by atomic mass is 9.77. The van der Waals surface area contributed by atoms with E-state index in [0.29, 0.717) is 30.3 Å². The molecule has 0 heterocycles. The van der Waals surface area contributed by atoms with Gasteiger partial charge in [0.05, 0.1) is 12.7 Å². The Balaban J connectivity index is 1.34. The molecule has 2 aliphatic carbocycles. The van der Waals surface area contributed by atoms with Crippen molar-refractivity contribution in [3.8, 4) is 5.75 Å². The fraction of sp³-hybridized carbons (Fsp3) is 0.533. The van der Waals surface area contributed by atoms with Gasteiger partial charge >= 0.3 is 0 Å². The average Bonchev–Trinajstić information content (AvgIpc) is 2.87. The van der Waals surface area contributed by atoms with Crippen molar-refractivity contribution in [3.05, 3.63) is 70.5 Å². The number of allylic oxidation sites excluding steroid dienone is 1. The zero-order valence-corrected chi connectivity index (χ0v) is 20.9. The van der Waals surface area contributed by atoms with Crippen LogP contribution in [0.25, 0.3) is 6.08 Å². The van der Waals surface area contributed by atoms with E-state index in [9.17, 15) is 4.39 Å². The van der Waals surface area contributed by atoms with Crippen molar-refractivity contribution in [2.75, 3.05) is 13.2 Å². The smallest absolute Gasteiger partial charge is 0.165 e. The SMILES string of the molecule is CCOc1ccc(/C=C/C2CCC(c3ccc(C4CCC(OCC)CC4)c(F)c3F)CC2)cc1F. The van der Waals surface area contributed by atoms with Gasteiger partial charge in [-0.15, -0.1) is 0 Å². The maximum atomic E-state index is 15.1. The van der Waals surface area contributed by atoms with Gasteiger partial charge < -0.3 is 9.47 Å². The summed E-state index contributed by atoms with van der Waals surface area (Å²) in [5, 5.41) is 0. The van der Waals surface area contributed by atoms with Crippen LogP contribution in [0.4, 0.5) is 13.2 Å². The van der Waals surface area contributed by atoms with Crippen molar-refractivity contribution in [2.45, 2.75) is 83.2 Å². The van der Waals surface area contributed by atoms with Crippen molar-refractivity contribution < 1.29 is 22.6 Å². The van der Waals surface area contributed by atoms with E-state index in [1.165, 1.54) is 6.07 Å². The minimum absolute atomic E-state index is 0.0415. The zero-order chi connectivity index (χ0) is 24.8. The molecular weight excluding hydrogens is 449 g/mol. The molecule has 0 aromatic heterocycles. The molecule has 35 heavy (non-hydrogen) atoms. The summed E-state index contributed by atoms with van der Waals surface area (Å²) in [4.78, 5) is 0.